The zero-order chi connectivity index (χ0) is 20.8. The third-order valence-corrected chi connectivity index (χ3v) is 5.43. The van der Waals surface area contributed by atoms with Gasteiger partial charge in [0, 0.05) is 5.02 Å². The number of nitrogens with zero attached hydrogens (tertiary/aromatic N) is 3. The molecule has 2 aromatic carbocycles. The number of aryl methyl sites for hydroxylation is 1. The number of hydrogen-bond donors (Lipinski definition) is 1. The number of benzene rings is 2. The van der Waals surface area contributed by atoms with Gasteiger partial charge in [-0.15, -0.1) is 10.2 Å². The number of amides is 3. The number of aromatic nitrogens is 2. The van der Waals surface area contributed by atoms with Crippen molar-refractivity contribution in [2.45, 2.75) is 25.9 Å². The minimum Gasteiger partial charge on any atom is -0.419 e. The second kappa shape index (κ2) is 7.17. The van der Waals surface area contributed by atoms with Crippen molar-refractivity contribution in [2.75, 3.05) is 0 Å². The first kappa shape index (κ1) is 19.4. The van der Waals surface area contributed by atoms with Crippen molar-refractivity contribution in [2.24, 2.45) is 0 Å². The molecule has 1 N–H and O–H groups in total. The SMILES string of the molecule is Cc1ccccc1C1(C)NC(=O)N(Cc2nnc(-c3ccc(Cl)cc3Cl)o2)C1=O. The summed E-state index contributed by atoms with van der Waals surface area (Å²) in [6, 6.07) is 11.8. The van der Waals surface area contributed by atoms with Gasteiger partial charge >= 0.3 is 6.03 Å². The molecule has 0 aliphatic carbocycles. The van der Waals surface area contributed by atoms with Crippen LogP contribution in [0.1, 0.15) is 23.9 Å². The molecule has 1 aromatic heterocycles. The first-order valence-electron chi connectivity index (χ1n) is 8.77. The fourth-order valence-electron chi connectivity index (χ4n) is 3.38. The molecule has 1 unspecified atom stereocenters. The van der Waals surface area contributed by atoms with Crippen molar-refractivity contribution in [1.82, 2.24) is 20.4 Å². The van der Waals surface area contributed by atoms with E-state index >= 15 is 0 Å². The normalized spacial score (nSPS) is 19.0. The largest absolute Gasteiger partial charge is 0.419 e. The number of carbonyl (C=O) groups is 2. The first-order valence-corrected chi connectivity index (χ1v) is 9.53. The summed E-state index contributed by atoms with van der Waals surface area (Å²) in [7, 11) is 0. The Morgan fingerprint density at radius 3 is 2.62 bits per heavy atom. The van der Waals surface area contributed by atoms with Crippen LogP contribution in [-0.2, 0) is 16.9 Å². The van der Waals surface area contributed by atoms with Gasteiger partial charge in [-0.05, 0) is 43.2 Å². The number of rotatable bonds is 4. The number of urea groups is 1. The Morgan fingerprint density at radius 2 is 1.90 bits per heavy atom. The molecule has 148 valence electrons. The molecule has 1 aliphatic rings. The molecule has 1 aliphatic heterocycles. The van der Waals surface area contributed by atoms with Gasteiger partial charge in [-0.1, -0.05) is 47.5 Å². The lowest BCUT2D eigenvalue weighted by molar-refractivity contribution is -0.131. The molecule has 1 atom stereocenters. The van der Waals surface area contributed by atoms with Crippen LogP contribution in [0.3, 0.4) is 0 Å². The molecule has 7 nitrogen and oxygen atoms in total. The molecular formula is C20H16Cl2N4O3. The fourth-order valence-corrected chi connectivity index (χ4v) is 3.87. The van der Waals surface area contributed by atoms with Gasteiger partial charge in [0.15, 0.2) is 0 Å². The molecule has 0 radical (unpaired) electrons. The number of hydrogen-bond acceptors (Lipinski definition) is 5. The van der Waals surface area contributed by atoms with Crippen LogP contribution in [0, 0.1) is 6.92 Å². The maximum absolute atomic E-state index is 13.1. The van der Waals surface area contributed by atoms with Gasteiger partial charge in [0.1, 0.15) is 12.1 Å². The van der Waals surface area contributed by atoms with E-state index in [-0.39, 0.29) is 24.2 Å². The number of halogens is 2. The van der Waals surface area contributed by atoms with Crippen LogP contribution in [0.25, 0.3) is 11.5 Å². The van der Waals surface area contributed by atoms with Crippen molar-refractivity contribution >= 4 is 35.1 Å². The van der Waals surface area contributed by atoms with Crippen LogP contribution in [0.2, 0.25) is 10.0 Å². The monoisotopic (exact) mass is 430 g/mol. The third-order valence-electron chi connectivity index (χ3n) is 4.88. The zero-order valence-corrected chi connectivity index (χ0v) is 17.1. The van der Waals surface area contributed by atoms with Gasteiger partial charge in [-0.25, -0.2) is 4.79 Å². The smallest absolute Gasteiger partial charge is 0.325 e. The van der Waals surface area contributed by atoms with Gasteiger partial charge < -0.3 is 9.73 Å². The van der Waals surface area contributed by atoms with Crippen molar-refractivity contribution in [3.8, 4) is 11.5 Å². The Kier molecular flexibility index (Phi) is 4.80. The fraction of sp³-hybridized carbons (Fsp3) is 0.200. The standard InChI is InChI=1S/C20H16Cl2N4O3/c1-11-5-3-4-6-14(11)20(2)18(27)26(19(28)23-20)10-16-24-25-17(29-16)13-8-7-12(21)9-15(13)22/h3-9H,10H2,1-2H3,(H,23,28). The average molecular weight is 431 g/mol. The quantitative estimate of drug-likeness (QED) is 0.622. The van der Waals surface area contributed by atoms with E-state index in [0.29, 0.717) is 15.6 Å². The second-order valence-electron chi connectivity index (χ2n) is 6.89. The van der Waals surface area contributed by atoms with Gasteiger partial charge in [0.25, 0.3) is 5.91 Å². The van der Waals surface area contributed by atoms with E-state index in [4.69, 9.17) is 27.6 Å². The average Bonchev–Trinajstić information content (AvgIpc) is 3.21. The predicted molar refractivity (Wildman–Crippen MR) is 107 cm³/mol. The highest BCUT2D eigenvalue weighted by Crippen LogP contribution is 2.33. The summed E-state index contributed by atoms with van der Waals surface area (Å²) in [4.78, 5) is 26.7. The van der Waals surface area contributed by atoms with E-state index in [1.54, 1.807) is 25.1 Å². The van der Waals surface area contributed by atoms with E-state index in [1.165, 1.54) is 0 Å². The van der Waals surface area contributed by atoms with Crippen LogP contribution in [0.4, 0.5) is 4.79 Å². The molecule has 2 heterocycles. The highest BCUT2D eigenvalue weighted by Gasteiger charge is 2.49. The van der Waals surface area contributed by atoms with Gasteiger partial charge in [-0.2, -0.15) is 0 Å². The van der Waals surface area contributed by atoms with Gasteiger partial charge in [0.2, 0.25) is 11.8 Å². The summed E-state index contributed by atoms with van der Waals surface area (Å²) >= 11 is 12.1. The molecule has 29 heavy (non-hydrogen) atoms. The molecule has 1 saturated heterocycles. The van der Waals surface area contributed by atoms with E-state index in [0.717, 1.165) is 16.0 Å². The summed E-state index contributed by atoms with van der Waals surface area (Å²) in [5.74, 6) is -0.0972. The second-order valence-corrected chi connectivity index (χ2v) is 7.73. The van der Waals surface area contributed by atoms with Gasteiger partial charge in [0.05, 0.1) is 10.6 Å². The summed E-state index contributed by atoms with van der Waals surface area (Å²) in [6.45, 7) is 3.43. The summed E-state index contributed by atoms with van der Waals surface area (Å²) < 4.78 is 5.62. The maximum atomic E-state index is 13.1. The lowest BCUT2D eigenvalue weighted by atomic mass is 9.88. The summed E-state index contributed by atoms with van der Waals surface area (Å²) in [5, 5.41) is 11.5. The third kappa shape index (κ3) is 3.36. The van der Waals surface area contributed by atoms with E-state index in [2.05, 4.69) is 15.5 Å². The molecule has 4 rings (SSSR count). The minimum absolute atomic E-state index is 0.114. The highest BCUT2D eigenvalue weighted by molar-refractivity contribution is 6.36. The van der Waals surface area contributed by atoms with Crippen molar-refractivity contribution in [3.05, 3.63) is 69.5 Å². The van der Waals surface area contributed by atoms with Crippen molar-refractivity contribution in [1.29, 1.82) is 0 Å². The number of nitrogens with one attached hydrogen (secondary N) is 1. The summed E-state index contributed by atoms with van der Waals surface area (Å²) in [5.41, 5.74) is 0.991. The minimum atomic E-state index is -1.16. The number of imide groups is 1. The topological polar surface area (TPSA) is 88.3 Å². The Hall–Kier alpha value is -2.90. The van der Waals surface area contributed by atoms with Crippen LogP contribution in [0.5, 0.6) is 0 Å². The zero-order valence-electron chi connectivity index (χ0n) is 15.6. The Bertz CT molecular complexity index is 1130. The Labute approximate surface area is 176 Å². The van der Waals surface area contributed by atoms with E-state index in [1.807, 2.05) is 31.2 Å². The van der Waals surface area contributed by atoms with Crippen LogP contribution < -0.4 is 5.32 Å². The van der Waals surface area contributed by atoms with Crippen LogP contribution >= 0.6 is 23.2 Å². The lowest BCUT2D eigenvalue weighted by Crippen LogP contribution is -2.41. The highest BCUT2D eigenvalue weighted by atomic mass is 35.5. The maximum Gasteiger partial charge on any atom is 0.325 e. The van der Waals surface area contributed by atoms with Crippen LogP contribution in [0.15, 0.2) is 46.9 Å². The summed E-state index contributed by atoms with van der Waals surface area (Å²) in [6.07, 6.45) is 0. The first-order chi connectivity index (χ1) is 13.8. The van der Waals surface area contributed by atoms with E-state index < -0.39 is 11.6 Å². The van der Waals surface area contributed by atoms with E-state index in [9.17, 15) is 9.59 Å². The Balaban J connectivity index is 1.59. The molecule has 0 saturated carbocycles. The van der Waals surface area contributed by atoms with Gasteiger partial charge in [-0.3, -0.25) is 9.69 Å². The molecule has 9 heteroatoms. The molecule has 1 fully saturated rings. The molecule has 3 amide bonds. The predicted octanol–water partition coefficient (Wildman–Crippen LogP) is 4.32. The molecule has 3 aromatic rings. The lowest BCUT2D eigenvalue weighted by Gasteiger charge is -2.23. The Morgan fingerprint density at radius 1 is 1.14 bits per heavy atom. The van der Waals surface area contributed by atoms with Crippen molar-refractivity contribution in [3.63, 3.8) is 0 Å². The van der Waals surface area contributed by atoms with Crippen LogP contribution in [-0.4, -0.2) is 27.0 Å². The molecule has 0 bridgehead atoms. The molecular weight excluding hydrogens is 415 g/mol. The molecule has 0 spiro atoms. The van der Waals surface area contributed by atoms with Crippen molar-refractivity contribution < 1.29 is 14.0 Å². The number of carbonyl (C=O) groups excluding carboxylic acids is 2.